The second-order valence-electron chi connectivity index (χ2n) is 9.10. The van der Waals surface area contributed by atoms with Gasteiger partial charge < -0.3 is 14.6 Å². The number of aliphatic hydroxyl groups is 1. The van der Waals surface area contributed by atoms with E-state index in [-0.39, 0.29) is 24.5 Å². The largest absolute Gasteiger partial charge is 0.455 e. The van der Waals surface area contributed by atoms with Gasteiger partial charge in [0.25, 0.3) is 0 Å². The first-order valence-corrected chi connectivity index (χ1v) is 13.5. The molecule has 0 aromatic carbocycles. The highest BCUT2D eigenvalue weighted by Gasteiger charge is 2.37. The molecule has 0 bridgehead atoms. The van der Waals surface area contributed by atoms with Crippen molar-refractivity contribution >= 4 is 17.7 Å². The van der Waals surface area contributed by atoms with Gasteiger partial charge in [-0.1, -0.05) is 91.9 Å². The number of hydrogen-bond acceptors (Lipinski definition) is 6. The van der Waals surface area contributed by atoms with Crippen molar-refractivity contribution < 1.29 is 29.0 Å². The number of unbranched alkanes of at least 4 members (excludes halogenated alkanes) is 9. The molecular weight excluding hydrogens is 420 g/mol. The van der Waals surface area contributed by atoms with E-state index in [0.717, 1.165) is 64.2 Å². The van der Waals surface area contributed by atoms with Gasteiger partial charge in [0, 0.05) is 18.8 Å². The van der Waals surface area contributed by atoms with Gasteiger partial charge in [0.2, 0.25) is 0 Å². The Bertz CT molecular complexity index is 519. The minimum Gasteiger partial charge on any atom is -0.455 e. The minimum atomic E-state index is -1.25. The third-order valence-corrected chi connectivity index (χ3v) is 6.11. The summed E-state index contributed by atoms with van der Waals surface area (Å²) in [6, 6.07) is 0. The van der Waals surface area contributed by atoms with E-state index in [4.69, 9.17) is 9.47 Å². The van der Waals surface area contributed by atoms with Gasteiger partial charge in [0.1, 0.15) is 0 Å². The number of ether oxygens (including phenoxy) is 2. The number of esters is 2. The van der Waals surface area contributed by atoms with E-state index >= 15 is 0 Å². The third kappa shape index (κ3) is 15.2. The summed E-state index contributed by atoms with van der Waals surface area (Å²) in [5.74, 6) is -1.46. The first kappa shape index (κ1) is 31.6. The molecule has 0 saturated heterocycles. The molecular formula is C27H50O6. The number of hydrogen-bond donors (Lipinski definition) is 1. The number of aliphatic hydroxyl groups excluding tert-OH is 1. The molecule has 0 aliphatic carbocycles. The second kappa shape index (κ2) is 21.1. The highest BCUT2D eigenvalue weighted by molar-refractivity contribution is 5.88. The molecule has 0 radical (unpaired) electrons. The zero-order valence-corrected chi connectivity index (χ0v) is 21.7. The Hall–Kier alpha value is -1.43. The van der Waals surface area contributed by atoms with Crippen LogP contribution in [0.2, 0.25) is 0 Å². The van der Waals surface area contributed by atoms with Crippen molar-refractivity contribution in [2.45, 2.75) is 143 Å². The Morgan fingerprint density at radius 2 is 1.15 bits per heavy atom. The van der Waals surface area contributed by atoms with E-state index in [0.29, 0.717) is 25.7 Å². The zero-order chi connectivity index (χ0) is 24.9. The lowest BCUT2D eigenvalue weighted by Gasteiger charge is -2.27. The van der Waals surface area contributed by atoms with Crippen molar-refractivity contribution in [1.29, 1.82) is 0 Å². The number of rotatable bonds is 22. The molecule has 0 rings (SSSR count). The maximum absolute atomic E-state index is 13.3. The van der Waals surface area contributed by atoms with Crippen molar-refractivity contribution in [3.8, 4) is 0 Å². The van der Waals surface area contributed by atoms with Gasteiger partial charge in [-0.05, 0) is 25.7 Å². The number of carbonyl (C=O) groups is 3. The van der Waals surface area contributed by atoms with Crippen LogP contribution in [0.3, 0.4) is 0 Å². The van der Waals surface area contributed by atoms with Gasteiger partial charge in [-0.15, -0.1) is 0 Å². The summed E-state index contributed by atoms with van der Waals surface area (Å²) in [5.41, 5.74) is 0. The predicted molar refractivity (Wildman–Crippen MR) is 132 cm³/mol. The Balaban J connectivity index is 5.11. The molecule has 6 heteroatoms. The van der Waals surface area contributed by atoms with Gasteiger partial charge in [-0.2, -0.15) is 0 Å². The Morgan fingerprint density at radius 3 is 1.61 bits per heavy atom. The average molecular weight is 471 g/mol. The summed E-state index contributed by atoms with van der Waals surface area (Å²) < 4.78 is 11.0. The highest BCUT2D eigenvalue weighted by Crippen LogP contribution is 2.21. The molecule has 0 aliphatic rings. The average Bonchev–Trinajstić information content (AvgIpc) is 2.81. The van der Waals surface area contributed by atoms with Crippen LogP contribution in [0, 0.1) is 5.92 Å². The van der Waals surface area contributed by atoms with E-state index in [1.807, 2.05) is 6.92 Å². The molecule has 0 aliphatic heterocycles. The number of ketones is 1. The van der Waals surface area contributed by atoms with Crippen LogP contribution in [0.1, 0.15) is 130 Å². The van der Waals surface area contributed by atoms with Crippen LogP contribution >= 0.6 is 0 Å². The van der Waals surface area contributed by atoms with E-state index in [1.54, 1.807) is 0 Å². The van der Waals surface area contributed by atoms with Crippen LogP contribution in [-0.4, -0.2) is 41.6 Å². The van der Waals surface area contributed by atoms with Crippen LogP contribution in [0.15, 0.2) is 0 Å². The van der Waals surface area contributed by atoms with E-state index in [9.17, 15) is 19.5 Å². The van der Waals surface area contributed by atoms with E-state index in [1.165, 1.54) is 0 Å². The molecule has 33 heavy (non-hydrogen) atoms. The molecule has 6 nitrogen and oxygen atoms in total. The maximum atomic E-state index is 13.3. The number of carbonyl (C=O) groups excluding carboxylic acids is 3. The van der Waals surface area contributed by atoms with Crippen molar-refractivity contribution in [2.75, 3.05) is 6.61 Å². The molecule has 0 spiro atoms. The monoisotopic (exact) mass is 470 g/mol. The smallest absolute Gasteiger partial charge is 0.306 e. The van der Waals surface area contributed by atoms with E-state index in [2.05, 4.69) is 20.8 Å². The molecule has 0 aromatic heterocycles. The molecule has 1 N–H and O–H groups in total. The first-order chi connectivity index (χ1) is 15.9. The fourth-order valence-corrected chi connectivity index (χ4v) is 3.92. The summed E-state index contributed by atoms with van der Waals surface area (Å²) in [5, 5.41) is 9.93. The molecule has 0 heterocycles. The molecule has 0 fully saturated rings. The van der Waals surface area contributed by atoms with Crippen molar-refractivity contribution in [3.63, 3.8) is 0 Å². The molecule has 0 amide bonds. The first-order valence-electron chi connectivity index (χ1n) is 13.5. The van der Waals surface area contributed by atoms with Crippen molar-refractivity contribution in [2.24, 2.45) is 5.92 Å². The van der Waals surface area contributed by atoms with Crippen molar-refractivity contribution in [1.82, 2.24) is 0 Å². The topological polar surface area (TPSA) is 89.9 Å². The van der Waals surface area contributed by atoms with Gasteiger partial charge >= 0.3 is 11.9 Å². The van der Waals surface area contributed by atoms with Crippen LogP contribution in [0.5, 0.6) is 0 Å². The Labute approximate surface area is 202 Å². The highest BCUT2D eigenvalue weighted by atomic mass is 16.6. The summed E-state index contributed by atoms with van der Waals surface area (Å²) >= 11 is 0. The molecule has 194 valence electrons. The SMILES string of the molecule is CCCCCCCC(=O)OC(CO)C(OC(=O)CCCCCCC)C(=O)C(CC)CCCC. The standard InChI is InChI=1S/C27H50O6/c1-5-9-12-14-16-19-24(29)32-23(21-28)27(26(31)22(8-4)18-11-7-3)33-25(30)20-17-15-13-10-6-2/h22-23,27-28H,5-21H2,1-4H3. The fraction of sp³-hybridized carbons (Fsp3) is 0.889. The lowest BCUT2D eigenvalue weighted by molar-refractivity contribution is -0.176. The molecule has 0 saturated carbocycles. The number of Topliss-reactive ketones (excluding diaryl/α,β-unsaturated/α-hetero) is 1. The van der Waals surface area contributed by atoms with Crippen LogP contribution in [0.4, 0.5) is 0 Å². The zero-order valence-electron chi connectivity index (χ0n) is 21.7. The maximum Gasteiger partial charge on any atom is 0.306 e. The predicted octanol–water partition coefficient (Wildman–Crippen LogP) is 6.31. The normalized spacial score (nSPS) is 13.8. The summed E-state index contributed by atoms with van der Waals surface area (Å²) in [6.07, 6.45) is 11.2. The van der Waals surface area contributed by atoms with Gasteiger partial charge in [-0.25, -0.2) is 0 Å². The van der Waals surface area contributed by atoms with Crippen LogP contribution in [0.25, 0.3) is 0 Å². The minimum absolute atomic E-state index is 0.225. The van der Waals surface area contributed by atoms with Gasteiger partial charge in [0.05, 0.1) is 6.61 Å². The van der Waals surface area contributed by atoms with E-state index < -0.39 is 30.8 Å². The second-order valence-corrected chi connectivity index (χ2v) is 9.10. The quantitative estimate of drug-likeness (QED) is 0.147. The Morgan fingerprint density at radius 1 is 0.667 bits per heavy atom. The van der Waals surface area contributed by atoms with Crippen LogP contribution < -0.4 is 0 Å². The molecule has 0 aromatic rings. The third-order valence-electron chi connectivity index (χ3n) is 6.11. The molecule has 3 atom stereocenters. The van der Waals surface area contributed by atoms with Gasteiger partial charge in [-0.3, -0.25) is 14.4 Å². The lowest BCUT2D eigenvalue weighted by Crippen LogP contribution is -2.45. The summed E-state index contributed by atoms with van der Waals surface area (Å²) in [7, 11) is 0. The summed E-state index contributed by atoms with van der Waals surface area (Å²) in [6.45, 7) is 7.71. The fourth-order valence-electron chi connectivity index (χ4n) is 3.92. The summed E-state index contributed by atoms with van der Waals surface area (Å²) in [4.78, 5) is 38.1. The Kier molecular flexibility index (Phi) is 20.2. The molecule has 3 unspecified atom stereocenters. The van der Waals surface area contributed by atoms with Gasteiger partial charge in [0.15, 0.2) is 18.0 Å². The lowest BCUT2D eigenvalue weighted by atomic mass is 9.90. The van der Waals surface area contributed by atoms with Crippen molar-refractivity contribution in [3.05, 3.63) is 0 Å². The van der Waals surface area contributed by atoms with Crippen LogP contribution in [-0.2, 0) is 23.9 Å².